The van der Waals surface area contributed by atoms with Crippen LogP contribution in [0.5, 0.6) is 0 Å². The van der Waals surface area contributed by atoms with Crippen LogP contribution < -0.4 is 5.32 Å². The summed E-state index contributed by atoms with van der Waals surface area (Å²) in [5.74, 6) is 1.35. The number of para-hydroxylation sites is 1. The molecule has 1 heterocycles. The monoisotopic (exact) mass is 307 g/mol. The highest BCUT2D eigenvalue weighted by molar-refractivity contribution is 7.98. The minimum Gasteiger partial charge on any atom is -0.437 e. The van der Waals surface area contributed by atoms with E-state index in [9.17, 15) is 10.1 Å². The van der Waals surface area contributed by atoms with Gasteiger partial charge in [-0.15, -0.1) is 0 Å². The van der Waals surface area contributed by atoms with Gasteiger partial charge >= 0.3 is 0 Å². The second-order valence-electron chi connectivity index (χ2n) is 4.51. The van der Waals surface area contributed by atoms with Crippen molar-refractivity contribution in [3.05, 3.63) is 45.3 Å². The highest BCUT2D eigenvalue weighted by atomic mass is 32.2. The standard InChI is InChI=1S/C14H17N3O3S/c1-4-15-13-11(6-5-7-12(13)17(18)19)8-21-14-16-9(2)10(3)20-14/h5-7,15H,4,8H2,1-3H3. The molecule has 0 bridgehead atoms. The predicted molar refractivity (Wildman–Crippen MR) is 82.8 cm³/mol. The molecule has 0 aliphatic heterocycles. The minimum atomic E-state index is -0.369. The molecule has 0 fully saturated rings. The highest BCUT2D eigenvalue weighted by Crippen LogP contribution is 2.33. The second kappa shape index (κ2) is 6.62. The molecule has 7 heteroatoms. The molecule has 0 aliphatic carbocycles. The fraction of sp³-hybridized carbons (Fsp3) is 0.357. The molecule has 0 atom stereocenters. The zero-order chi connectivity index (χ0) is 15.4. The van der Waals surface area contributed by atoms with Crippen molar-refractivity contribution in [3.63, 3.8) is 0 Å². The summed E-state index contributed by atoms with van der Waals surface area (Å²) in [6, 6.07) is 5.08. The number of oxazole rings is 1. The zero-order valence-electron chi connectivity index (χ0n) is 12.2. The van der Waals surface area contributed by atoms with E-state index in [0.717, 1.165) is 17.0 Å². The number of nitro groups is 1. The van der Waals surface area contributed by atoms with Crippen LogP contribution in [0.15, 0.2) is 27.8 Å². The third-order valence-electron chi connectivity index (χ3n) is 3.04. The van der Waals surface area contributed by atoms with Crippen LogP contribution >= 0.6 is 11.8 Å². The van der Waals surface area contributed by atoms with Crippen molar-refractivity contribution < 1.29 is 9.34 Å². The summed E-state index contributed by atoms with van der Waals surface area (Å²) < 4.78 is 5.51. The SMILES string of the molecule is CCNc1c(CSc2nc(C)c(C)o2)cccc1[N+](=O)[O-]. The van der Waals surface area contributed by atoms with Gasteiger partial charge in [-0.2, -0.15) is 0 Å². The first-order chi connectivity index (χ1) is 10.0. The van der Waals surface area contributed by atoms with E-state index >= 15 is 0 Å². The summed E-state index contributed by atoms with van der Waals surface area (Å²) in [7, 11) is 0. The number of anilines is 1. The van der Waals surface area contributed by atoms with E-state index in [0.29, 0.717) is 23.2 Å². The second-order valence-corrected chi connectivity index (χ2v) is 5.44. The fourth-order valence-corrected chi connectivity index (χ4v) is 2.79. The highest BCUT2D eigenvalue weighted by Gasteiger charge is 2.17. The van der Waals surface area contributed by atoms with Gasteiger partial charge in [0.1, 0.15) is 11.4 Å². The number of nitrogens with zero attached hydrogens (tertiary/aromatic N) is 2. The molecule has 0 amide bonds. The molecule has 0 saturated heterocycles. The van der Waals surface area contributed by atoms with Crippen molar-refractivity contribution >= 4 is 23.1 Å². The molecule has 112 valence electrons. The number of nitrogens with one attached hydrogen (secondary N) is 1. The summed E-state index contributed by atoms with van der Waals surface area (Å²) in [5.41, 5.74) is 2.39. The molecular formula is C14H17N3O3S. The van der Waals surface area contributed by atoms with Crippen LogP contribution in [0.1, 0.15) is 23.9 Å². The Morgan fingerprint density at radius 1 is 1.43 bits per heavy atom. The number of hydrogen-bond donors (Lipinski definition) is 1. The number of rotatable bonds is 6. The molecule has 0 aliphatic rings. The van der Waals surface area contributed by atoms with Crippen molar-refractivity contribution in [1.82, 2.24) is 4.98 Å². The first-order valence-electron chi connectivity index (χ1n) is 6.60. The minimum absolute atomic E-state index is 0.0923. The van der Waals surface area contributed by atoms with E-state index in [1.165, 1.54) is 17.8 Å². The van der Waals surface area contributed by atoms with Crippen molar-refractivity contribution in [3.8, 4) is 0 Å². The quantitative estimate of drug-likeness (QED) is 0.495. The Balaban J connectivity index is 2.22. The molecule has 0 saturated carbocycles. The molecule has 0 spiro atoms. The van der Waals surface area contributed by atoms with Crippen LogP contribution in [0.4, 0.5) is 11.4 Å². The van der Waals surface area contributed by atoms with Crippen LogP contribution in [0, 0.1) is 24.0 Å². The van der Waals surface area contributed by atoms with Gasteiger partial charge in [-0.25, -0.2) is 4.98 Å². The molecule has 21 heavy (non-hydrogen) atoms. The van der Waals surface area contributed by atoms with E-state index in [1.54, 1.807) is 6.07 Å². The van der Waals surface area contributed by atoms with E-state index in [1.807, 2.05) is 26.8 Å². The van der Waals surface area contributed by atoms with Gasteiger partial charge in [0, 0.05) is 18.4 Å². The van der Waals surface area contributed by atoms with Crippen LogP contribution in [0.2, 0.25) is 0 Å². The largest absolute Gasteiger partial charge is 0.437 e. The van der Waals surface area contributed by atoms with Gasteiger partial charge in [0.25, 0.3) is 10.9 Å². The Morgan fingerprint density at radius 2 is 2.19 bits per heavy atom. The Kier molecular flexibility index (Phi) is 4.85. The smallest absolute Gasteiger partial charge is 0.292 e. The van der Waals surface area contributed by atoms with E-state index < -0.39 is 0 Å². The van der Waals surface area contributed by atoms with Gasteiger partial charge in [-0.05, 0) is 26.3 Å². The molecule has 2 rings (SSSR count). The van der Waals surface area contributed by atoms with E-state index in [-0.39, 0.29) is 10.6 Å². The lowest BCUT2D eigenvalue weighted by Crippen LogP contribution is -2.04. The average Bonchev–Trinajstić information content (AvgIpc) is 2.76. The number of benzene rings is 1. The van der Waals surface area contributed by atoms with Crippen LogP contribution in [0.25, 0.3) is 0 Å². The summed E-state index contributed by atoms with van der Waals surface area (Å²) >= 11 is 1.43. The first kappa shape index (κ1) is 15.4. The van der Waals surface area contributed by atoms with Gasteiger partial charge in [0.2, 0.25) is 0 Å². The Bertz CT molecular complexity index is 635. The number of hydrogen-bond acceptors (Lipinski definition) is 6. The molecule has 1 N–H and O–H groups in total. The third-order valence-corrected chi connectivity index (χ3v) is 3.92. The lowest BCUT2D eigenvalue weighted by molar-refractivity contribution is -0.384. The summed E-state index contributed by atoms with van der Waals surface area (Å²) in [6.07, 6.45) is 0. The Morgan fingerprint density at radius 3 is 2.76 bits per heavy atom. The number of aromatic nitrogens is 1. The van der Waals surface area contributed by atoms with Gasteiger partial charge in [-0.3, -0.25) is 10.1 Å². The summed E-state index contributed by atoms with van der Waals surface area (Å²) in [6.45, 7) is 6.29. The third kappa shape index (κ3) is 3.55. The van der Waals surface area contributed by atoms with E-state index in [2.05, 4.69) is 10.3 Å². The van der Waals surface area contributed by atoms with Crippen LogP contribution in [-0.4, -0.2) is 16.5 Å². The van der Waals surface area contributed by atoms with Crippen LogP contribution in [0.3, 0.4) is 0 Å². The molecule has 6 nitrogen and oxygen atoms in total. The lowest BCUT2D eigenvalue weighted by Gasteiger charge is -2.10. The lowest BCUT2D eigenvalue weighted by atomic mass is 10.1. The van der Waals surface area contributed by atoms with Gasteiger partial charge in [0.15, 0.2) is 0 Å². The van der Waals surface area contributed by atoms with Gasteiger partial charge in [0.05, 0.1) is 10.6 Å². The maximum absolute atomic E-state index is 11.1. The fourth-order valence-electron chi connectivity index (χ4n) is 1.88. The number of aryl methyl sites for hydroxylation is 2. The first-order valence-corrected chi connectivity index (χ1v) is 7.58. The predicted octanol–water partition coefficient (Wildman–Crippen LogP) is 3.92. The average molecular weight is 307 g/mol. The van der Waals surface area contributed by atoms with Gasteiger partial charge < -0.3 is 9.73 Å². The van der Waals surface area contributed by atoms with E-state index in [4.69, 9.17) is 4.42 Å². The molecule has 1 aromatic carbocycles. The van der Waals surface area contributed by atoms with Crippen molar-refractivity contribution in [2.24, 2.45) is 0 Å². The van der Waals surface area contributed by atoms with Crippen molar-refractivity contribution in [1.29, 1.82) is 0 Å². The number of thioether (sulfide) groups is 1. The Labute approximate surface area is 127 Å². The maximum Gasteiger partial charge on any atom is 0.292 e. The summed E-state index contributed by atoms with van der Waals surface area (Å²) in [5, 5.41) is 14.8. The molecule has 2 aromatic rings. The van der Waals surface area contributed by atoms with Gasteiger partial charge in [-0.1, -0.05) is 23.9 Å². The normalized spacial score (nSPS) is 10.6. The zero-order valence-corrected chi connectivity index (χ0v) is 13.0. The maximum atomic E-state index is 11.1. The topological polar surface area (TPSA) is 81.2 Å². The molecule has 0 unspecified atom stereocenters. The molecule has 1 aromatic heterocycles. The van der Waals surface area contributed by atoms with Crippen LogP contribution in [-0.2, 0) is 5.75 Å². The Hall–Kier alpha value is -2.02. The molecule has 0 radical (unpaired) electrons. The number of nitro benzene ring substituents is 1. The molecular weight excluding hydrogens is 290 g/mol. The van der Waals surface area contributed by atoms with Crippen molar-refractivity contribution in [2.75, 3.05) is 11.9 Å². The van der Waals surface area contributed by atoms with Crippen molar-refractivity contribution in [2.45, 2.75) is 31.7 Å². The summed E-state index contributed by atoms with van der Waals surface area (Å²) in [4.78, 5) is 15.0.